The van der Waals surface area contributed by atoms with E-state index in [2.05, 4.69) is 6.92 Å². The molecular formula is C17H35B3. The van der Waals surface area contributed by atoms with Crippen molar-refractivity contribution in [1.29, 1.82) is 0 Å². The van der Waals surface area contributed by atoms with Crippen molar-refractivity contribution >= 4 is 21.4 Å². The van der Waals surface area contributed by atoms with E-state index in [1.54, 1.807) is 0 Å². The Morgan fingerprint density at radius 1 is 0.700 bits per heavy atom. The Morgan fingerprint density at radius 2 is 1.20 bits per heavy atom. The monoisotopic (exact) mass is 272 g/mol. The van der Waals surface area contributed by atoms with Gasteiger partial charge in [-0.15, -0.1) is 0 Å². The van der Waals surface area contributed by atoms with Gasteiger partial charge in [-0.05, 0) is 0 Å². The summed E-state index contributed by atoms with van der Waals surface area (Å²) in [6, 6.07) is 0. The Bertz CT molecular complexity index is 239. The quantitative estimate of drug-likeness (QED) is 0.657. The van der Waals surface area contributed by atoms with Gasteiger partial charge in [-0.2, -0.15) is 0 Å². The molecule has 0 aromatic carbocycles. The summed E-state index contributed by atoms with van der Waals surface area (Å²) in [4.78, 5) is 0. The predicted molar refractivity (Wildman–Crippen MR) is 98.2 cm³/mol. The third kappa shape index (κ3) is 6.31. The van der Waals surface area contributed by atoms with Gasteiger partial charge in [0.25, 0.3) is 0 Å². The van der Waals surface area contributed by atoms with E-state index in [1.807, 2.05) is 0 Å². The number of hydrogen-bond donors (Lipinski definition) is 0. The lowest BCUT2D eigenvalue weighted by molar-refractivity contribution is 0.419. The lowest BCUT2D eigenvalue weighted by atomic mass is 9.11. The maximum Gasteiger partial charge on any atom is 0.0858 e. The van der Waals surface area contributed by atoms with Crippen molar-refractivity contribution in [1.82, 2.24) is 0 Å². The topological polar surface area (TPSA) is 0 Å². The van der Waals surface area contributed by atoms with Crippen molar-refractivity contribution in [2.24, 2.45) is 0 Å². The van der Waals surface area contributed by atoms with Crippen LogP contribution in [-0.2, 0) is 0 Å². The van der Waals surface area contributed by atoms with Crippen molar-refractivity contribution in [3.63, 3.8) is 0 Å². The average Bonchev–Trinajstić information content (AvgIpc) is 2.37. The molecule has 0 saturated heterocycles. The maximum absolute atomic E-state index is 2.59. The molecule has 0 nitrogen and oxygen atoms in total. The van der Waals surface area contributed by atoms with E-state index in [4.69, 9.17) is 0 Å². The van der Waals surface area contributed by atoms with Gasteiger partial charge in [0.05, 0.1) is 21.4 Å². The zero-order valence-electron chi connectivity index (χ0n) is 14.1. The molecule has 2 fully saturated rings. The van der Waals surface area contributed by atoms with Gasteiger partial charge >= 0.3 is 0 Å². The van der Waals surface area contributed by atoms with Crippen molar-refractivity contribution in [3.8, 4) is 0 Å². The molecule has 0 heterocycles. The summed E-state index contributed by atoms with van der Waals surface area (Å²) >= 11 is 0. The van der Waals surface area contributed by atoms with Gasteiger partial charge in [-0.3, -0.25) is 0 Å². The van der Waals surface area contributed by atoms with Gasteiger partial charge in [0, 0.05) is 0 Å². The molecule has 0 amide bonds. The van der Waals surface area contributed by atoms with Gasteiger partial charge < -0.3 is 0 Å². The van der Waals surface area contributed by atoms with Crippen molar-refractivity contribution < 1.29 is 0 Å². The third-order valence-corrected chi connectivity index (χ3v) is 6.18. The van der Waals surface area contributed by atoms with E-state index in [-0.39, 0.29) is 0 Å². The Morgan fingerprint density at radius 3 is 1.80 bits per heavy atom. The first-order valence-corrected chi connectivity index (χ1v) is 9.79. The highest BCUT2D eigenvalue weighted by Gasteiger charge is 2.26. The van der Waals surface area contributed by atoms with Crippen LogP contribution in [0.5, 0.6) is 0 Å². The van der Waals surface area contributed by atoms with E-state index >= 15 is 0 Å². The fourth-order valence-electron chi connectivity index (χ4n) is 4.66. The molecule has 0 bridgehead atoms. The Kier molecular flexibility index (Phi) is 7.67. The number of hydrogen-bond acceptors (Lipinski definition) is 0. The van der Waals surface area contributed by atoms with Crippen molar-refractivity contribution in [3.05, 3.63) is 0 Å². The Labute approximate surface area is 129 Å². The van der Waals surface area contributed by atoms with E-state index in [1.165, 1.54) is 111 Å². The minimum atomic E-state index is 0.696. The van der Waals surface area contributed by atoms with Gasteiger partial charge in [0.15, 0.2) is 0 Å². The second kappa shape index (κ2) is 9.26. The van der Waals surface area contributed by atoms with Gasteiger partial charge in [0.2, 0.25) is 0 Å². The highest BCUT2D eigenvalue weighted by atomic mass is 14.2. The molecule has 0 N–H and O–H groups in total. The lowest BCUT2D eigenvalue weighted by Gasteiger charge is -2.31. The number of rotatable bonds is 4. The zero-order valence-corrected chi connectivity index (χ0v) is 14.1. The molecule has 0 aliphatic heterocycles. The molecule has 2 rings (SSSR count). The molecule has 2 aliphatic carbocycles. The van der Waals surface area contributed by atoms with Crippen LogP contribution in [0.3, 0.4) is 0 Å². The molecule has 112 valence electrons. The predicted octanol–water partition coefficient (Wildman–Crippen LogP) is 4.58. The first kappa shape index (κ1) is 16.6. The van der Waals surface area contributed by atoms with Crippen LogP contribution in [-0.4, -0.2) is 21.4 Å². The standard InChI is InChI=1S/C17H35B3/c1-17(14-10-6-3-7-11-15-17)19-20-18-16-12-8-4-2-5-9-13-16/h16,18-20H,2-15H2,1H3. The smallest absolute Gasteiger partial charge is 0.0740 e. The van der Waals surface area contributed by atoms with Crippen LogP contribution >= 0.6 is 0 Å². The maximum atomic E-state index is 2.59. The van der Waals surface area contributed by atoms with Crippen LogP contribution in [0.25, 0.3) is 0 Å². The third-order valence-electron chi connectivity index (χ3n) is 6.18. The molecular weight excluding hydrogens is 237 g/mol. The second-order valence-corrected chi connectivity index (χ2v) is 8.18. The Balaban J connectivity index is 1.67. The highest BCUT2D eigenvalue weighted by molar-refractivity contribution is 7.30. The molecule has 2 aliphatic rings. The normalized spacial score (nSPS) is 25.6. The molecule has 0 radical (unpaired) electrons. The summed E-state index contributed by atoms with van der Waals surface area (Å²) in [7, 11) is 4.57. The van der Waals surface area contributed by atoms with E-state index in [0.29, 0.717) is 5.31 Å². The fraction of sp³-hybridized carbons (Fsp3) is 1.00. The SMILES string of the molecule is CC1(BBBC2CCCCCCC2)CCCCCCC1. The second-order valence-electron chi connectivity index (χ2n) is 8.18. The molecule has 2 saturated carbocycles. The Hall–Kier alpha value is 0.195. The summed E-state index contributed by atoms with van der Waals surface area (Å²) in [6.07, 6.45) is 21.1. The van der Waals surface area contributed by atoms with Gasteiger partial charge in [-0.25, -0.2) is 0 Å². The van der Waals surface area contributed by atoms with Gasteiger partial charge in [-0.1, -0.05) is 108 Å². The van der Waals surface area contributed by atoms with Crippen LogP contribution < -0.4 is 0 Å². The minimum absolute atomic E-state index is 0.696. The molecule has 0 unspecified atom stereocenters. The summed E-state index contributed by atoms with van der Waals surface area (Å²) in [5, 5.41) is 0.696. The highest BCUT2D eigenvalue weighted by Crippen LogP contribution is 2.39. The largest absolute Gasteiger partial charge is 0.0858 e. The van der Waals surface area contributed by atoms with Crippen molar-refractivity contribution in [2.75, 3.05) is 0 Å². The average molecular weight is 272 g/mol. The molecule has 20 heavy (non-hydrogen) atoms. The summed E-state index contributed by atoms with van der Waals surface area (Å²) in [5.41, 5.74) is 0. The fourth-order valence-corrected chi connectivity index (χ4v) is 4.66. The van der Waals surface area contributed by atoms with E-state index in [0.717, 1.165) is 5.82 Å². The lowest BCUT2D eigenvalue weighted by Crippen LogP contribution is -2.28. The minimum Gasteiger partial charge on any atom is -0.0740 e. The molecule has 0 aromatic rings. The molecule has 0 atom stereocenters. The first-order chi connectivity index (χ1) is 9.79. The summed E-state index contributed by atoms with van der Waals surface area (Å²) < 4.78 is 0. The molecule has 0 spiro atoms. The summed E-state index contributed by atoms with van der Waals surface area (Å²) in [6.45, 7) is 2.59. The zero-order chi connectivity index (χ0) is 14.1. The van der Waals surface area contributed by atoms with Crippen LogP contribution in [0.1, 0.15) is 96.8 Å². The van der Waals surface area contributed by atoms with Crippen molar-refractivity contribution in [2.45, 2.75) is 108 Å². The van der Waals surface area contributed by atoms with E-state index in [9.17, 15) is 0 Å². The van der Waals surface area contributed by atoms with Crippen LogP contribution in [0, 0.1) is 0 Å². The van der Waals surface area contributed by atoms with Gasteiger partial charge in [0.1, 0.15) is 0 Å². The molecule has 3 heteroatoms. The van der Waals surface area contributed by atoms with Crippen LogP contribution in [0.15, 0.2) is 0 Å². The first-order valence-electron chi connectivity index (χ1n) is 9.79. The molecule has 0 aromatic heterocycles. The summed E-state index contributed by atoms with van der Waals surface area (Å²) in [5.74, 6) is 1.08. The van der Waals surface area contributed by atoms with Crippen LogP contribution in [0.2, 0.25) is 11.1 Å². The van der Waals surface area contributed by atoms with E-state index < -0.39 is 0 Å². The van der Waals surface area contributed by atoms with Crippen LogP contribution in [0.4, 0.5) is 0 Å².